The number of carbonyl (C=O) groups is 2. The predicted octanol–water partition coefficient (Wildman–Crippen LogP) is 3.80. The normalized spacial score (nSPS) is 14.6. The third kappa shape index (κ3) is 5.47. The van der Waals surface area contributed by atoms with Crippen molar-refractivity contribution in [3.05, 3.63) is 47.8 Å². The highest BCUT2D eigenvalue weighted by molar-refractivity contribution is 6.06. The number of aromatic nitrogens is 1. The van der Waals surface area contributed by atoms with E-state index in [2.05, 4.69) is 15.6 Å². The minimum atomic E-state index is -0.348. The number of methoxy groups -OCH3 is 2. The number of rotatable bonds is 6. The first-order chi connectivity index (χ1) is 14.1. The van der Waals surface area contributed by atoms with Gasteiger partial charge in [0.1, 0.15) is 17.2 Å². The molecule has 1 aliphatic rings. The molecule has 29 heavy (non-hydrogen) atoms. The molecule has 2 aromatic rings. The van der Waals surface area contributed by atoms with E-state index in [-0.39, 0.29) is 23.6 Å². The van der Waals surface area contributed by atoms with Crippen molar-refractivity contribution in [3.8, 4) is 11.5 Å². The van der Waals surface area contributed by atoms with Crippen LogP contribution in [0.25, 0.3) is 0 Å². The number of nitrogens with zero attached hydrogens (tertiary/aromatic N) is 1. The molecule has 1 heterocycles. The van der Waals surface area contributed by atoms with E-state index in [1.807, 2.05) is 0 Å². The van der Waals surface area contributed by atoms with Gasteiger partial charge in [0.05, 0.1) is 19.9 Å². The van der Waals surface area contributed by atoms with Gasteiger partial charge in [-0.05, 0) is 37.1 Å². The highest BCUT2D eigenvalue weighted by Gasteiger charge is 2.18. The maximum absolute atomic E-state index is 12.7. The second kappa shape index (κ2) is 9.91. The van der Waals surface area contributed by atoms with Crippen LogP contribution in [-0.4, -0.2) is 37.1 Å². The SMILES string of the molecule is COc1ccc(NC(=O)c2ccnc(C(=O)NC3CCCCCC3)c2)c(OC)c1. The molecule has 0 unspecified atom stereocenters. The van der Waals surface area contributed by atoms with Crippen LogP contribution in [-0.2, 0) is 0 Å². The molecule has 2 N–H and O–H groups in total. The smallest absolute Gasteiger partial charge is 0.270 e. The average molecular weight is 397 g/mol. The van der Waals surface area contributed by atoms with Gasteiger partial charge in [0.15, 0.2) is 0 Å². The summed E-state index contributed by atoms with van der Waals surface area (Å²) in [4.78, 5) is 29.4. The Morgan fingerprint density at radius 1 is 0.966 bits per heavy atom. The number of nitrogens with one attached hydrogen (secondary N) is 2. The van der Waals surface area contributed by atoms with Gasteiger partial charge in [0, 0.05) is 23.9 Å². The summed E-state index contributed by atoms with van der Waals surface area (Å²) in [5.41, 5.74) is 1.10. The molecular formula is C22H27N3O4. The van der Waals surface area contributed by atoms with Crippen LogP contribution in [0.1, 0.15) is 59.4 Å². The van der Waals surface area contributed by atoms with Crippen molar-refractivity contribution < 1.29 is 19.1 Å². The number of hydrogen-bond donors (Lipinski definition) is 2. The number of amides is 2. The van der Waals surface area contributed by atoms with Gasteiger partial charge in [0.2, 0.25) is 0 Å². The van der Waals surface area contributed by atoms with E-state index in [0.29, 0.717) is 22.7 Å². The van der Waals surface area contributed by atoms with E-state index in [9.17, 15) is 9.59 Å². The second-order valence-corrected chi connectivity index (χ2v) is 7.11. The maximum Gasteiger partial charge on any atom is 0.270 e. The van der Waals surface area contributed by atoms with Gasteiger partial charge in [-0.1, -0.05) is 25.7 Å². The molecule has 0 atom stereocenters. The highest BCUT2D eigenvalue weighted by Crippen LogP contribution is 2.29. The lowest BCUT2D eigenvalue weighted by Gasteiger charge is -2.16. The maximum atomic E-state index is 12.7. The molecule has 3 rings (SSSR count). The summed E-state index contributed by atoms with van der Waals surface area (Å²) in [7, 11) is 3.08. The largest absolute Gasteiger partial charge is 0.497 e. The first kappa shape index (κ1) is 20.6. The molecule has 1 aromatic carbocycles. The Kier molecular flexibility index (Phi) is 7.05. The van der Waals surface area contributed by atoms with Gasteiger partial charge in [-0.25, -0.2) is 0 Å². The van der Waals surface area contributed by atoms with Crippen molar-refractivity contribution in [1.82, 2.24) is 10.3 Å². The summed E-state index contributed by atoms with van der Waals surface area (Å²) in [6, 6.07) is 8.39. The van der Waals surface area contributed by atoms with E-state index in [4.69, 9.17) is 9.47 Å². The third-order valence-electron chi connectivity index (χ3n) is 5.10. The summed E-state index contributed by atoms with van der Waals surface area (Å²) in [6.07, 6.45) is 8.15. The lowest BCUT2D eigenvalue weighted by Crippen LogP contribution is -2.35. The first-order valence-corrected chi connectivity index (χ1v) is 9.91. The van der Waals surface area contributed by atoms with Crippen molar-refractivity contribution in [1.29, 1.82) is 0 Å². The zero-order valence-corrected chi connectivity index (χ0v) is 16.9. The highest BCUT2D eigenvalue weighted by atomic mass is 16.5. The summed E-state index contributed by atoms with van der Waals surface area (Å²) in [5, 5.41) is 5.86. The summed E-state index contributed by atoms with van der Waals surface area (Å²) in [6.45, 7) is 0. The molecule has 0 bridgehead atoms. The van der Waals surface area contributed by atoms with Crippen LogP contribution in [0.15, 0.2) is 36.5 Å². The first-order valence-electron chi connectivity index (χ1n) is 9.91. The molecule has 0 aliphatic heterocycles. The summed E-state index contributed by atoms with van der Waals surface area (Å²) in [5.74, 6) is 0.521. The molecule has 0 radical (unpaired) electrons. The fourth-order valence-electron chi connectivity index (χ4n) is 3.48. The average Bonchev–Trinajstić information content (AvgIpc) is 3.02. The minimum Gasteiger partial charge on any atom is -0.497 e. The molecule has 7 heteroatoms. The van der Waals surface area contributed by atoms with Gasteiger partial charge in [-0.3, -0.25) is 14.6 Å². The molecule has 1 fully saturated rings. The molecule has 7 nitrogen and oxygen atoms in total. The Balaban J connectivity index is 1.70. The van der Waals surface area contributed by atoms with E-state index in [1.54, 1.807) is 31.4 Å². The fourth-order valence-corrected chi connectivity index (χ4v) is 3.48. The monoisotopic (exact) mass is 397 g/mol. The third-order valence-corrected chi connectivity index (χ3v) is 5.10. The van der Waals surface area contributed by atoms with Crippen LogP contribution in [0.3, 0.4) is 0 Å². The Hall–Kier alpha value is -3.09. The molecule has 1 aromatic heterocycles. The number of pyridine rings is 1. The number of anilines is 1. The van der Waals surface area contributed by atoms with Crippen LogP contribution >= 0.6 is 0 Å². The van der Waals surface area contributed by atoms with Gasteiger partial charge < -0.3 is 20.1 Å². The van der Waals surface area contributed by atoms with Crippen molar-refractivity contribution in [2.75, 3.05) is 19.5 Å². The Bertz CT molecular complexity index is 861. The standard InChI is InChI=1S/C22H27N3O4/c1-28-17-9-10-18(20(14-17)29-2)25-21(26)15-11-12-23-19(13-15)22(27)24-16-7-5-3-4-6-8-16/h9-14,16H,3-8H2,1-2H3,(H,24,27)(H,25,26). The second-order valence-electron chi connectivity index (χ2n) is 7.11. The van der Waals surface area contributed by atoms with Crippen LogP contribution < -0.4 is 20.1 Å². The number of carbonyl (C=O) groups excluding carboxylic acids is 2. The molecule has 1 aliphatic carbocycles. The fraction of sp³-hybridized carbons (Fsp3) is 0.409. The molecule has 0 saturated heterocycles. The van der Waals surface area contributed by atoms with Crippen molar-refractivity contribution in [2.24, 2.45) is 0 Å². The summed E-state index contributed by atoms with van der Waals surface area (Å²) >= 11 is 0. The predicted molar refractivity (Wildman–Crippen MR) is 111 cm³/mol. The van der Waals surface area contributed by atoms with Crippen molar-refractivity contribution in [2.45, 2.75) is 44.6 Å². The number of ether oxygens (including phenoxy) is 2. The summed E-state index contributed by atoms with van der Waals surface area (Å²) < 4.78 is 10.5. The lowest BCUT2D eigenvalue weighted by atomic mass is 10.1. The molecule has 154 valence electrons. The Morgan fingerprint density at radius 2 is 1.72 bits per heavy atom. The van der Waals surface area contributed by atoms with E-state index >= 15 is 0 Å². The quantitative estimate of drug-likeness (QED) is 0.724. The van der Waals surface area contributed by atoms with Gasteiger partial charge in [0.25, 0.3) is 11.8 Å². The van der Waals surface area contributed by atoms with E-state index in [1.165, 1.54) is 32.2 Å². The van der Waals surface area contributed by atoms with E-state index in [0.717, 1.165) is 25.7 Å². The molecule has 1 saturated carbocycles. The van der Waals surface area contributed by atoms with Gasteiger partial charge >= 0.3 is 0 Å². The van der Waals surface area contributed by atoms with Gasteiger partial charge in [-0.15, -0.1) is 0 Å². The Labute approximate surface area is 170 Å². The van der Waals surface area contributed by atoms with Crippen molar-refractivity contribution in [3.63, 3.8) is 0 Å². The molecular weight excluding hydrogens is 370 g/mol. The minimum absolute atomic E-state index is 0.174. The van der Waals surface area contributed by atoms with Crippen LogP contribution in [0.4, 0.5) is 5.69 Å². The van der Waals surface area contributed by atoms with Crippen LogP contribution in [0, 0.1) is 0 Å². The molecule has 2 amide bonds. The van der Waals surface area contributed by atoms with Crippen LogP contribution in [0.5, 0.6) is 11.5 Å². The van der Waals surface area contributed by atoms with Crippen molar-refractivity contribution >= 4 is 17.5 Å². The zero-order chi connectivity index (χ0) is 20.6. The number of hydrogen-bond acceptors (Lipinski definition) is 5. The Morgan fingerprint density at radius 3 is 2.41 bits per heavy atom. The van der Waals surface area contributed by atoms with Gasteiger partial charge in [-0.2, -0.15) is 0 Å². The topological polar surface area (TPSA) is 89.5 Å². The number of benzene rings is 1. The zero-order valence-electron chi connectivity index (χ0n) is 16.9. The molecule has 0 spiro atoms. The van der Waals surface area contributed by atoms with Crippen LogP contribution in [0.2, 0.25) is 0 Å². The lowest BCUT2D eigenvalue weighted by molar-refractivity contribution is 0.0928. The van der Waals surface area contributed by atoms with E-state index < -0.39 is 0 Å².